The molecule has 0 saturated heterocycles. The molecule has 0 unspecified atom stereocenters. The van der Waals surface area contributed by atoms with Gasteiger partial charge in [-0.05, 0) is 30.3 Å². The standard InChI is InChI=1S/C20H14N6O2/c1-26-10-14(9-23-26)15-4-2-13-8-21-19(7-16(13)24-15)25-20(27)12-3-5-18-17(6-12)22-11-28-18/h2-11H,1H3,(H,21,25,27). The van der Waals surface area contributed by atoms with Gasteiger partial charge in [0.2, 0.25) is 0 Å². The van der Waals surface area contributed by atoms with E-state index in [-0.39, 0.29) is 5.91 Å². The number of rotatable bonds is 3. The average molecular weight is 370 g/mol. The monoisotopic (exact) mass is 370 g/mol. The number of carbonyl (C=O) groups excluding carboxylic acids is 1. The van der Waals surface area contributed by atoms with Crippen LogP contribution in [0.15, 0.2) is 65.8 Å². The van der Waals surface area contributed by atoms with Crippen molar-refractivity contribution >= 4 is 33.7 Å². The molecule has 1 aromatic carbocycles. The highest BCUT2D eigenvalue weighted by atomic mass is 16.3. The predicted molar refractivity (Wildman–Crippen MR) is 104 cm³/mol. The topological polar surface area (TPSA) is 98.7 Å². The summed E-state index contributed by atoms with van der Waals surface area (Å²) in [6.07, 6.45) is 6.70. The van der Waals surface area contributed by atoms with Gasteiger partial charge in [0.15, 0.2) is 12.0 Å². The number of nitrogens with zero attached hydrogens (tertiary/aromatic N) is 5. The first-order valence-corrected chi connectivity index (χ1v) is 8.56. The minimum atomic E-state index is -0.278. The van der Waals surface area contributed by atoms with Crippen LogP contribution in [0.5, 0.6) is 0 Å². The molecule has 1 amide bonds. The van der Waals surface area contributed by atoms with E-state index in [1.807, 2.05) is 25.4 Å². The van der Waals surface area contributed by atoms with E-state index in [0.29, 0.717) is 22.5 Å². The summed E-state index contributed by atoms with van der Waals surface area (Å²) >= 11 is 0. The Morgan fingerprint density at radius 2 is 2.00 bits per heavy atom. The molecular formula is C20H14N6O2. The van der Waals surface area contributed by atoms with Gasteiger partial charge < -0.3 is 9.73 Å². The summed E-state index contributed by atoms with van der Waals surface area (Å²) in [7, 11) is 1.86. The molecular weight excluding hydrogens is 356 g/mol. The predicted octanol–water partition coefficient (Wildman–Crippen LogP) is 3.42. The van der Waals surface area contributed by atoms with E-state index in [0.717, 1.165) is 22.2 Å². The van der Waals surface area contributed by atoms with Gasteiger partial charge in [0.1, 0.15) is 11.3 Å². The lowest BCUT2D eigenvalue weighted by Gasteiger charge is -2.06. The lowest BCUT2D eigenvalue weighted by Crippen LogP contribution is -2.12. The van der Waals surface area contributed by atoms with Crippen molar-refractivity contribution in [2.24, 2.45) is 7.05 Å². The zero-order chi connectivity index (χ0) is 19.1. The Morgan fingerprint density at radius 1 is 1.07 bits per heavy atom. The number of amides is 1. The number of hydrogen-bond donors (Lipinski definition) is 1. The molecule has 0 saturated carbocycles. The zero-order valence-electron chi connectivity index (χ0n) is 14.8. The zero-order valence-corrected chi connectivity index (χ0v) is 14.8. The quantitative estimate of drug-likeness (QED) is 0.522. The van der Waals surface area contributed by atoms with Crippen LogP contribution in [0.3, 0.4) is 0 Å². The molecule has 4 heterocycles. The van der Waals surface area contributed by atoms with E-state index in [2.05, 4.69) is 25.4 Å². The number of carbonyl (C=O) groups is 1. The molecule has 5 aromatic rings. The molecule has 0 bridgehead atoms. The van der Waals surface area contributed by atoms with E-state index >= 15 is 0 Å². The smallest absolute Gasteiger partial charge is 0.256 e. The molecule has 0 aliphatic carbocycles. The normalized spacial score (nSPS) is 11.2. The summed E-state index contributed by atoms with van der Waals surface area (Å²) in [5, 5.41) is 7.87. The maximum absolute atomic E-state index is 12.6. The fourth-order valence-corrected chi connectivity index (χ4v) is 2.99. The maximum atomic E-state index is 12.6. The van der Waals surface area contributed by atoms with Crippen molar-refractivity contribution in [1.82, 2.24) is 24.7 Å². The van der Waals surface area contributed by atoms with E-state index in [1.165, 1.54) is 6.39 Å². The maximum Gasteiger partial charge on any atom is 0.256 e. The second-order valence-electron chi connectivity index (χ2n) is 6.35. The van der Waals surface area contributed by atoms with Crippen LogP contribution >= 0.6 is 0 Å². The fourth-order valence-electron chi connectivity index (χ4n) is 2.99. The van der Waals surface area contributed by atoms with Crippen molar-refractivity contribution in [1.29, 1.82) is 0 Å². The van der Waals surface area contributed by atoms with Crippen LogP contribution in [0.4, 0.5) is 5.82 Å². The first kappa shape index (κ1) is 16.1. The minimum absolute atomic E-state index is 0.278. The first-order valence-electron chi connectivity index (χ1n) is 8.56. The summed E-state index contributed by atoms with van der Waals surface area (Å²) in [5.41, 5.74) is 4.20. The molecule has 28 heavy (non-hydrogen) atoms. The molecule has 8 nitrogen and oxygen atoms in total. The molecule has 1 N–H and O–H groups in total. The Hall–Kier alpha value is -4.07. The van der Waals surface area contributed by atoms with Crippen molar-refractivity contribution in [3.63, 3.8) is 0 Å². The van der Waals surface area contributed by atoms with Gasteiger partial charge in [0.25, 0.3) is 5.91 Å². The number of aromatic nitrogens is 5. The minimum Gasteiger partial charge on any atom is -0.443 e. The van der Waals surface area contributed by atoms with Crippen LogP contribution in [0, 0.1) is 0 Å². The van der Waals surface area contributed by atoms with Crippen LogP contribution in [0.2, 0.25) is 0 Å². The van der Waals surface area contributed by atoms with Crippen molar-refractivity contribution < 1.29 is 9.21 Å². The molecule has 0 spiro atoms. The third-order valence-electron chi connectivity index (χ3n) is 4.41. The molecule has 136 valence electrons. The molecule has 0 atom stereocenters. The lowest BCUT2D eigenvalue weighted by molar-refractivity contribution is 0.102. The summed E-state index contributed by atoms with van der Waals surface area (Å²) < 4.78 is 6.93. The van der Waals surface area contributed by atoms with E-state index in [9.17, 15) is 4.79 Å². The van der Waals surface area contributed by atoms with Gasteiger partial charge in [0.05, 0.1) is 17.4 Å². The van der Waals surface area contributed by atoms with Crippen LogP contribution in [-0.2, 0) is 7.05 Å². The number of hydrogen-bond acceptors (Lipinski definition) is 6. The van der Waals surface area contributed by atoms with Crippen LogP contribution < -0.4 is 5.32 Å². The number of benzene rings is 1. The van der Waals surface area contributed by atoms with Gasteiger partial charge in [-0.25, -0.2) is 15.0 Å². The summed E-state index contributed by atoms with van der Waals surface area (Å²) in [6.45, 7) is 0. The highest BCUT2D eigenvalue weighted by molar-refractivity contribution is 6.05. The first-order chi connectivity index (χ1) is 13.7. The number of aryl methyl sites for hydroxylation is 1. The van der Waals surface area contributed by atoms with Crippen LogP contribution in [0.1, 0.15) is 10.4 Å². The Balaban J connectivity index is 1.45. The lowest BCUT2D eigenvalue weighted by atomic mass is 10.2. The van der Waals surface area contributed by atoms with Gasteiger partial charge in [-0.15, -0.1) is 0 Å². The van der Waals surface area contributed by atoms with E-state index in [1.54, 1.807) is 41.3 Å². The molecule has 0 aliphatic rings. The number of nitrogens with one attached hydrogen (secondary N) is 1. The number of oxazole rings is 1. The van der Waals surface area contributed by atoms with Gasteiger partial charge in [-0.1, -0.05) is 0 Å². The summed E-state index contributed by atoms with van der Waals surface area (Å²) in [4.78, 5) is 25.6. The van der Waals surface area contributed by atoms with Gasteiger partial charge in [0, 0.05) is 42.0 Å². The third kappa shape index (κ3) is 2.86. The Morgan fingerprint density at radius 3 is 2.86 bits per heavy atom. The summed E-state index contributed by atoms with van der Waals surface area (Å²) in [6, 6.07) is 10.7. The number of anilines is 1. The largest absolute Gasteiger partial charge is 0.443 e. The second kappa shape index (κ2) is 6.27. The van der Waals surface area contributed by atoms with Crippen molar-refractivity contribution in [2.45, 2.75) is 0 Å². The van der Waals surface area contributed by atoms with Gasteiger partial charge in [-0.2, -0.15) is 5.10 Å². The molecule has 4 aromatic heterocycles. The van der Waals surface area contributed by atoms with Crippen LogP contribution in [-0.4, -0.2) is 30.6 Å². The van der Waals surface area contributed by atoms with Crippen molar-refractivity contribution in [2.75, 3.05) is 5.32 Å². The molecule has 0 radical (unpaired) electrons. The molecule has 0 fully saturated rings. The average Bonchev–Trinajstić information content (AvgIpc) is 3.35. The SMILES string of the molecule is Cn1cc(-c2ccc3cnc(NC(=O)c4ccc5ocnc5c4)cc3n2)cn1. The molecule has 0 aliphatic heterocycles. The fraction of sp³-hybridized carbons (Fsp3) is 0.0500. The van der Waals surface area contributed by atoms with Gasteiger partial charge in [-0.3, -0.25) is 9.48 Å². The molecule has 5 rings (SSSR count). The molecule has 8 heteroatoms. The van der Waals surface area contributed by atoms with Crippen molar-refractivity contribution in [3.05, 3.63) is 66.9 Å². The van der Waals surface area contributed by atoms with Crippen LogP contribution in [0.25, 0.3) is 33.3 Å². The Kier molecular flexibility index (Phi) is 3.61. The third-order valence-corrected chi connectivity index (χ3v) is 4.41. The highest BCUT2D eigenvalue weighted by Crippen LogP contribution is 2.22. The number of fused-ring (bicyclic) bond motifs is 2. The Bertz CT molecular complexity index is 1340. The van der Waals surface area contributed by atoms with E-state index < -0.39 is 0 Å². The van der Waals surface area contributed by atoms with Gasteiger partial charge >= 0.3 is 0 Å². The second-order valence-corrected chi connectivity index (χ2v) is 6.35. The van der Waals surface area contributed by atoms with E-state index in [4.69, 9.17) is 4.42 Å². The number of pyridine rings is 2. The summed E-state index contributed by atoms with van der Waals surface area (Å²) in [5.74, 6) is 0.147. The highest BCUT2D eigenvalue weighted by Gasteiger charge is 2.11. The Labute approximate surface area is 158 Å². The van der Waals surface area contributed by atoms with Crippen molar-refractivity contribution in [3.8, 4) is 11.3 Å².